The lowest BCUT2D eigenvalue weighted by molar-refractivity contribution is -0.384. The number of amides is 2. The Morgan fingerprint density at radius 3 is 2.59 bits per heavy atom. The summed E-state index contributed by atoms with van der Waals surface area (Å²) in [6, 6.07) is 13.0. The zero-order chi connectivity index (χ0) is 23.0. The number of nitrogens with zero attached hydrogens (tertiary/aromatic N) is 2. The Balaban J connectivity index is 1.44. The van der Waals surface area contributed by atoms with Crippen LogP contribution in [0.2, 0.25) is 0 Å². The molecule has 2 unspecified atom stereocenters. The van der Waals surface area contributed by atoms with E-state index in [1.807, 2.05) is 44.2 Å². The lowest BCUT2D eigenvalue weighted by atomic mass is 9.95. The van der Waals surface area contributed by atoms with Crippen molar-refractivity contribution in [3.63, 3.8) is 0 Å². The number of nitrogens with one attached hydrogen (secondary N) is 1. The predicted octanol–water partition coefficient (Wildman–Crippen LogP) is 2.50. The molecule has 2 aliphatic heterocycles. The topological polar surface area (TPSA) is 119 Å². The normalized spacial score (nSPS) is 23.1. The quantitative estimate of drug-likeness (QED) is 0.308. The third-order valence-electron chi connectivity index (χ3n) is 5.49. The third-order valence-corrected chi connectivity index (χ3v) is 7.07. The summed E-state index contributed by atoms with van der Waals surface area (Å²) in [6.07, 6.45) is 0. The summed E-state index contributed by atoms with van der Waals surface area (Å²) in [6.45, 7) is 3.82. The van der Waals surface area contributed by atoms with Gasteiger partial charge in [-0.15, -0.1) is 11.8 Å². The number of β-lactam (4-membered cyclic amide) rings is 1. The van der Waals surface area contributed by atoms with Crippen molar-refractivity contribution in [2.24, 2.45) is 0 Å². The van der Waals surface area contributed by atoms with Crippen LogP contribution in [0, 0.1) is 10.1 Å². The first-order chi connectivity index (χ1) is 15.2. The van der Waals surface area contributed by atoms with Crippen molar-refractivity contribution in [2.45, 2.75) is 42.7 Å². The standard InChI is InChI=1S/C22H21N3O6S/c1-22(2)17(21(28)31-12-13-7-4-3-5-8-13)24-19(27)16(20(24)32-22)23-18(26)14-9-6-10-15(11-14)25(29)30/h3-11,16-17,20H,12H2,1-2H3,(H,23,26)/t16?,17?,20-/m0/s1. The lowest BCUT2D eigenvalue weighted by Gasteiger charge is -2.43. The van der Waals surface area contributed by atoms with Crippen molar-refractivity contribution in [2.75, 3.05) is 0 Å². The van der Waals surface area contributed by atoms with Crippen LogP contribution in [-0.2, 0) is 20.9 Å². The molecule has 166 valence electrons. The van der Waals surface area contributed by atoms with Gasteiger partial charge < -0.3 is 15.0 Å². The molecule has 2 saturated heterocycles. The Morgan fingerprint density at radius 1 is 1.19 bits per heavy atom. The number of esters is 1. The van der Waals surface area contributed by atoms with Crippen LogP contribution >= 0.6 is 11.8 Å². The molecular formula is C22H21N3O6S. The van der Waals surface area contributed by atoms with Gasteiger partial charge in [0.1, 0.15) is 24.1 Å². The summed E-state index contributed by atoms with van der Waals surface area (Å²) in [5, 5.41) is 13.2. The summed E-state index contributed by atoms with van der Waals surface area (Å²) in [7, 11) is 0. The van der Waals surface area contributed by atoms with Gasteiger partial charge in [0.2, 0.25) is 5.91 Å². The van der Waals surface area contributed by atoms with Crippen LogP contribution < -0.4 is 5.32 Å². The van der Waals surface area contributed by atoms with Gasteiger partial charge in [-0.25, -0.2) is 4.79 Å². The molecule has 2 heterocycles. The van der Waals surface area contributed by atoms with Crippen molar-refractivity contribution in [3.05, 3.63) is 75.8 Å². The molecule has 2 amide bonds. The number of hydrogen-bond acceptors (Lipinski definition) is 7. The maximum absolute atomic E-state index is 12.8. The molecule has 32 heavy (non-hydrogen) atoms. The Kier molecular flexibility index (Phi) is 5.64. The van der Waals surface area contributed by atoms with Gasteiger partial charge in [0.25, 0.3) is 11.6 Å². The zero-order valence-electron chi connectivity index (χ0n) is 17.4. The number of nitro groups is 1. The van der Waals surface area contributed by atoms with E-state index in [2.05, 4.69) is 5.32 Å². The molecule has 0 aliphatic carbocycles. The van der Waals surface area contributed by atoms with Crippen molar-refractivity contribution < 1.29 is 24.0 Å². The second-order valence-corrected chi connectivity index (χ2v) is 9.88. The summed E-state index contributed by atoms with van der Waals surface area (Å²) in [5.41, 5.74) is 0.723. The Morgan fingerprint density at radius 2 is 1.91 bits per heavy atom. The average molecular weight is 455 g/mol. The minimum absolute atomic E-state index is 0.0894. The number of hydrogen-bond donors (Lipinski definition) is 1. The fraction of sp³-hybridized carbons (Fsp3) is 0.318. The van der Waals surface area contributed by atoms with Crippen molar-refractivity contribution >= 4 is 35.2 Å². The molecule has 4 rings (SSSR count). The van der Waals surface area contributed by atoms with E-state index in [1.165, 1.54) is 34.9 Å². The Bertz CT molecular complexity index is 1090. The van der Waals surface area contributed by atoms with Crippen LogP contribution in [0.5, 0.6) is 0 Å². The lowest BCUT2D eigenvalue weighted by Crippen LogP contribution is -2.70. The fourth-order valence-electron chi connectivity index (χ4n) is 3.92. The molecule has 1 N–H and O–H groups in total. The van der Waals surface area contributed by atoms with E-state index < -0.39 is 39.0 Å². The third kappa shape index (κ3) is 3.93. The van der Waals surface area contributed by atoms with E-state index in [0.29, 0.717) is 0 Å². The predicted molar refractivity (Wildman–Crippen MR) is 117 cm³/mol. The van der Waals surface area contributed by atoms with Crippen molar-refractivity contribution in [1.29, 1.82) is 0 Å². The van der Waals surface area contributed by atoms with E-state index in [0.717, 1.165) is 11.6 Å². The Labute approximate surface area is 188 Å². The maximum Gasteiger partial charge on any atom is 0.330 e. The first-order valence-electron chi connectivity index (χ1n) is 9.95. The summed E-state index contributed by atoms with van der Waals surface area (Å²) >= 11 is 1.41. The molecule has 0 spiro atoms. The SMILES string of the molecule is CC1(C)S[C@H]2C(NC(=O)c3cccc([N+](=O)[O-])c3)C(=O)N2C1C(=O)OCc1ccccc1. The smallest absolute Gasteiger partial charge is 0.330 e. The average Bonchev–Trinajstić information content (AvgIpc) is 3.04. The second kappa shape index (κ2) is 8.27. The number of ether oxygens (including phenoxy) is 1. The molecule has 0 radical (unpaired) electrons. The molecule has 9 nitrogen and oxygen atoms in total. The molecule has 2 fully saturated rings. The van der Waals surface area contributed by atoms with Gasteiger partial charge in [-0.3, -0.25) is 19.7 Å². The number of rotatable bonds is 6. The van der Waals surface area contributed by atoms with Gasteiger partial charge in [-0.1, -0.05) is 36.4 Å². The molecule has 2 aliphatic rings. The first kappa shape index (κ1) is 21.8. The number of fused-ring (bicyclic) bond motifs is 1. The molecule has 0 bridgehead atoms. The van der Waals surface area contributed by atoms with Crippen molar-refractivity contribution in [1.82, 2.24) is 10.2 Å². The minimum atomic E-state index is -0.821. The highest BCUT2D eigenvalue weighted by molar-refractivity contribution is 8.01. The highest BCUT2D eigenvalue weighted by Gasteiger charge is 2.64. The monoisotopic (exact) mass is 455 g/mol. The molecule has 2 aromatic rings. The Hall–Kier alpha value is -3.40. The highest BCUT2D eigenvalue weighted by atomic mass is 32.2. The molecular weight excluding hydrogens is 434 g/mol. The van der Waals surface area contributed by atoms with Crippen LogP contribution in [0.25, 0.3) is 0 Å². The van der Waals surface area contributed by atoms with Gasteiger partial charge in [0, 0.05) is 22.4 Å². The van der Waals surface area contributed by atoms with Crippen molar-refractivity contribution in [3.8, 4) is 0 Å². The van der Waals surface area contributed by atoms with E-state index in [1.54, 1.807) is 0 Å². The van der Waals surface area contributed by atoms with Gasteiger partial charge in [0.15, 0.2) is 0 Å². The van der Waals surface area contributed by atoms with Crippen LogP contribution in [-0.4, -0.2) is 49.8 Å². The molecule has 10 heteroatoms. The number of benzene rings is 2. The summed E-state index contributed by atoms with van der Waals surface area (Å²) < 4.78 is 4.86. The second-order valence-electron chi connectivity index (χ2n) is 8.11. The van der Waals surface area contributed by atoms with Gasteiger partial charge in [-0.05, 0) is 25.5 Å². The summed E-state index contributed by atoms with van der Waals surface area (Å²) in [4.78, 5) is 50.1. The van der Waals surface area contributed by atoms with Gasteiger partial charge in [0.05, 0.1) is 4.92 Å². The van der Waals surface area contributed by atoms with Crippen LogP contribution in [0.15, 0.2) is 54.6 Å². The number of carbonyl (C=O) groups excluding carboxylic acids is 3. The fourth-order valence-corrected chi connectivity index (χ4v) is 5.54. The van der Waals surface area contributed by atoms with E-state index in [-0.39, 0.29) is 23.8 Å². The first-order valence-corrected chi connectivity index (χ1v) is 10.8. The molecule has 0 saturated carbocycles. The van der Waals surface area contributed by atoms with E-state index in [9.17, 15) is 24.5 Å². The minimum Gasteiger partial charge on any atom is -0.459 e. The zero-order valence-corrected chi connectivity index (χ0v) is 18.2. The molecule has 2 aromatic carbocycles. The van der Waals surface area contributed by atoms with Gasteiger partial charge in [-0.2, -0.15) is 0 Å². The van der Waals surface area contributed by atoms with Gasteiger partial charge >= 0.3 is 5.97 Å². The number of thioether (sulfide) groups is 1. The van der Waals surface area contributed by atoms with E-state index in [4.69, 9.17) is 4.74 Å². The number of carbonyl (C=O) groups is 3. The number of non-ortho nitro benzene ring substituents is 1. The molecule has 0 aromatic heterocycles. The molecule has 3 atom stereocenters. The maximum atomic E-state index is 12.8. The summed E-state index contributed by atoms with van der Waals surface area (Å²) in [5.74, 6) is -1.46. The van der Waals surface area contributed by atoms with Crippen LogP contribution in [0.4, 0.5) is 5.69 Å². The van der Waals surface area contributed by atoms with E-state index >= 15 is 0 Å². The largest absolute Gasteiger partial charge is 0.459 e. The highest BCUT2D eigenvalue weighted by Crippen LogP contribution is 2.51. The number of nitro benzene ring substituents is 1. The van der Waals surface area contributed by atoms with Crippen LogP contribution in [0.3, 0.4) is 0 Å². The van der Waals surface area contributed by atoms with Crippen LogP contribution in [0.1, 0.15) is 29.8 Å².